The van der Waals surface area contributed by atoms with Gasteiger partial charge in [-0.3, -0.25) is 4.57 Å². The largest absolute Gasteiger partial charge is 0.479 e. The number of carboxylic acid groups (broad SMARTS) is 1. The van der Waals surface area contributed by atoms with Crippen LogP contribution in [0.25, 0.3) is 22.3 Å². The van der Waals surface area contributed by atoms with Gasteiger partial charge < -0.3 is 25.4 Å². The van der Waals surface area contributed by atoms with E-state index in [-0.39, 0.29) is 34.4 Å². The summed E-state index contributed by atoms with van der Waals surface area (Å²) in [6.07, 6.45) is -4.66. The van der Waals surface area contributed by atoms with Crippen LogP contribution in [0.5, 0.6) is 0 Å². The Labute approximate surface area is 246 Å². The molecule has 5 aromatic rings. The molecule has 14 heteroatoms. The molecule has 0 radical (unpaired) electrons. The lowest BCUT2D eigenvalue weighted by Gasteiger charge is -2.31. The molecule has 7 rings (SSSR count). The van der Waals surface area contributed by atoms with Crippen molar-refractivity contribution in [1.29, 1.82) is 0 Å². The second-order valence-corrected chi connectivity index (χ2v) is 11.3. The van der Waals surface area contributed by atoms with Gasteiger partial charge in [0.25, 0.3) is 0 Å². The predicted octanol–water partition coefficient (Wildman–Crippen LogP) is 3.77. The molecule has 0 spiro atoms. The van der Waals surface area contributed by atoms with E-state index in [2.05, 4.69) is 19.9 Å². The van der Waals surface area contributed by atoms with Gasteiger partial charge in [-0.15, -0.1) is 11.3 Å². The van der Waals surface area contributed by atoms with Crippen LogP contribution >= 0.6 is 22.9 Å². The summed E-state index contributed by atoms with van der Waals surface area (Å²) in [7, 11) is 0. The lowest BCUT2D eigenvalue weighted by Crippen LogP contribution is -2.45. The number of hydrogen-bond acceptors (Lipinski definition) is 10. The topological polar surface area (TPSA) is 158 Å². The van der Waals surface area contributed by atoms with Gasteiger partial charge >= 0.3 is 5.97 Å². The molecule has 3 aromatic heterocycles. The molecule has 2 fully saturated rings. The first-order valence-electron chi connectivity index (χ1n) is 12.8. The van der Waals surface area contributed by atoms with Crippen LogP contribution in [0, 0.1) is 0 Å². The summed E-state index contributed by atoms with van der Waals surface area (Å²) in [6, 6.07) is 17.2. The van der Waals surface area contributed by atoms with Crippen LogP contribution in [0.2, 0.25) is 5.28 Å². The molecule has 4 heterocycles. The summed E-state index contributed by atoms with van der Waals surface area (Å²) in [4.78, 5) is 29.2. The zero-order valence-corrected chi connectivity index (χ0v) is 23.1. The number of nitrogens with zero attached hydrogens (tertiary/aromatic N) is 5. The van der Waals surface area contributed by atoms with Gasteiger partial charge in [0.15, 0.2) is 29.5 Å². The molecule has 1 saturated carbocycles. The molecule has 0 amide bonds. The zero-order valence-electron chi connectivity index (χ0n) is 21.5. The van der Waals surface area contributed by atoms with Crippen molar-refractivity contribution in [3.05, 3.63) is 88.4 Å². The minimum Gasteiger partial charge on any atom is -0.479 e. The van der Waals surface area contributed by atoms with Gasteiger partial charge in [-0.2, -0.15) is 9.97 Å². The summed E-state index contributed by atoms with van der Waals surface area (Å²) in [5.41, 5.74) is 6.28. The first kappa shape index (κ1) is 26.9. The Balaban J connectivity index is 1.17. The highest BCUT2D eigenvalue weighted by atomic mass is 35.5. The van der Waals surface area contributed by atoms with Crippen molar-refractivity contribution in [2.45, 2.75) is 42.2 Å². The Morgan fingerprint density at radius 2 is 1.90 bits per heavy atom. The number of fused-ring (bicyclic) bond motifs is 2. The fourth-order valence-electron chi connectivity index (χ4n) is 5.52. The van der Waals surface area contributed by atoms with E-state index < -0.39 is 41.8 Å². The number of rotatable bonds is 8. The Morgan fingerprint density at radius 1 is 1.17 bits per heavy atom. The number of nitrogens with two attached hydrogens (primary N) is 1. The maximum Gasteiger partial charge on any atom is 0.342 e. The molecule has 4 N–H and O–H groups in total. The van der Waals surface area contributed by atoms with Gasteiger partial charge in [-0.25, -0.2) is 19.2 Å². The fraction of sp³-hybridized carbons (Fsp3) is 0.250. The van der Waals surface area contributed by atoms with Crippen LogP contribution in [0.4, 0.5) is 10.2 Å². The molecule has 1 aliphatic carbocycles. The molecular formula is C28H22ClFN6O5S. The summed E-state index contributed by atoms with van der Waals surface area (Å²) in [5, 5.41) is 23.3. The molecule has 1 saturated heterocycles. The molecular weight excluding hydrogens is 587 g/mol. The van der Waals surface area contributed by atoms with E-state index >= 15 is 4.39 Å². The van der Waals surface area contributed by atoms with E-state index in [0.717, 1.165) is 11.1 Å². The number of halogens is 2. The summed E-state index contributed by atoms with van der Waals surface area (Å²) < 4.78 is 29.2. The highest BCUT2D eigenvalue weighted by molar-refractivity contribution is 7.07. The summed E-state index contributed by atoms with van der Waals surface area (Å²) in [6.45, 7) is 0. The normalized spacial score (nSPS) is 26.2. The molecule has 42 heavy (non-hydrogen) atoms. The standard InChI is InChI=1S/C28H22ClFN6O5S/c29-26-34-22(31)18-23(35-26)36(12-32-18)24-19(30)28(39)20(40-24)21(28)41-27(25(37)38,17-11-42-13-33-17)10-14-6-8-16(9-7-14)15-4-2-1-3-5-15/h1-9,11-13,19-21,24,39H,10H2,(H,37,38)(H2,31,34,35)/t19-,20-,21?,24-,27+,28+/m1/s1. The van der Waals surface area contributed by atoms with Crippen LogP contribution < -0.4 is 5.73 Å². The average molecular weight is 609 g/mol. The van der Waals surface area contributed by atoms with Crippen molar-refractivity contribution in [2.24, 2.45) is 0 Å². The molecule has 1 aliphatic heterocycles. The van der Waals surface area contributed by atoms with Gasteiger partial charge in [-0.05, 0) is 28.3 Å². The highest BCUT2D eigenvalue weighted by Gasteiger charge is 2.80. The number of carboxylic acids is 1. The smallest absolute Gasteiger partial charge is 0.342 e. The first-order chi connectivity index (χ1) is 20.2. The number of aromatic nitrogens is 5. The van der Waals surface area contributed by atoms with Crippen molar-refractivity contribution in [3.8, 4) is 11.1 Å². The third-order valence-electron chi connectivity index (χ3n) is 7.78. The van der Waals surface area contributed by atoms with Crippen LogP contribution in [0.1, 0.15) is 17.5 Å². The molecule has 0 bridgehead atoms. The average Bonchev–Trinajstić information content (AvgIpc) is 3.48. The van der Waals surface area contributed by atoms with E-state index in [4.69, 9.17) is 26.8 Å². The monoisotopic (exact) mass is 608 g/mol. The van der Waals surface area contributed by atoms with Crippen LogP contribution in [-0.4, -0.2) is 64.7 Å². The molecule has 1 unspecified atom stereocenters. The third-order valence-corrected chi connectivity index (χ3v) is 8.54. The fourth-order valence-corrected chi connectivity index (χ4v) is 6.31. The second-order valence-electron chi connectivity index (χ2n) is 10.2. The number of aliphatic hydroxyl groups is 1. The summed E-state index contributed by atoms with van der Waals surface area (Å²) in [5.74, 6) is -1.32. The number of anilines is 1. The number of imidazole rings is 1. The summed E-state index contributed by atoms with van der Waals surface area (Å²) >= 11 is 7.13. The molecule has 214 valence electrons. The second kappa shape index (κ2) is 9.78. The van der Waals surface area contributed by atoms with Crippen LogP contribution in [0.3, 0.4) is 0 Å². The number of carbonyl (C=O) groups is 1. The van der Waals surface area contributed by atoms with Crippen molar-refractivity contribution in [3.63, 3.8) is 0 Å². The van der Waals surface area contributed by atoms with E-state index in [9.17, 15) is 15.0 Å². The molecule has 11 nitrogen and oxygen atoms in total. The van der Waals surface area contributed by atoms with Gasteiger partial charge in [0, 0.05) is 11.8 Å². The number of hydrogen-bond donors (Lipinski definition) is 3. The maximum atomic E-state index is 15.9. The number of benzene rings is 2. The quantitative estimate of drug-likeness (QED) is 0.221. The van der Waals surface area contributed by atoms with Crippen molar-refractivity contribution in [2.75, 3.05) is 5.73 Å². The minimum atomic E-state index is -2.13. The number of aliphatic carboxylic acids is 1. The SMILES string of the molecule is Nc1nc(Cl)nc2c1ncn2[C@@H]1O[C@@H]2C(O[C@](Cc3ccc(-c4ccccc4)cc3)(C(=O)O)c3cscn3)[C@]2(O)[C@@H]1F. The number of thiazole rings is 1. The van der Waals surface area contributed by atoms with E-state index in [0.29, 0.717) is 5.56 Å². The third kappa shape index (κ3) is 4.07. The molecule has 2 aromatic carbocycles. The minimum absolute atomic E-state index is 0.00791. The lowest BCUT2D eigenvalue weighted by atomic mass is 9.90. The van der Waals surface area contributed by atoms with Gasteiger partial charge in [0.05, 0.1) is 17.5 Å². The van der Waals surface area contributed by atoms with E-state index in [1.807, 2.05) is 54.6 Å². The van der Waals surface area contributed by atoms with Crippen LogP contribution in [-0.2, 0) is 26.3 Å². The van der Waals surface area contributed by atoms with Crippen LogP contribution in [0.15, 0.2) is 71.8 Å². The van der Waals surface area contributed by atoms with E-state index in [1.54, 1.807) is 5.38 Å². The Morgan fingerprint density at radius 3 is 2.55 bits per heavy atom. The Hall–Kier alpha value is -4.01. The van der Waals surface area contributed by atoms with Gasteiger partial charge in [0.2, 0.25) is 10.9 Å². The molecule has 2 aliphatic rings. The van der Waals surface area contributed by atoms with Gasteiger partial charge in [-0.1, -0.05) is 54.6 Å². The first-order valence-corrected chi connectivity index (χ1v) is 14.2. The predicted molar refractivity (Wildman–Crippen MR) is 150 cm³/mol. The number of nitrogen functional groups attached to an aromatic ring is 1. The highest BCUT2D eigenvalue weighted by Crippen LogP contribution is 2.58. The van der Waals surface area contributed by atoms with E-state index in [1.165, 1.54) is 27.7 Å². The zero-order chi connectivity index (χ0) is 29.2. The van der Waals surface area contributed by atoms with Crippen molar-refractivity contribution in [1.82, 2.24) is 24.5 Å². The molecule has 6 atom stereocenters. The Kier molecular flexibility index (Phi) is 6.26. The Bertz CT molecular complexity index is 1790. The maximum absolute atomic E-state index is 15.9. The van der Waals surface area contributed by atoms with Crippen molar-refractivity contribution >= 4 is 45.9 Å². The van der Waals surface area contributed by atoms with Crippen molar-refractivity contribution < 1.29 is 28.9 Å². The number of alkyl halides is 1. The lowest BCUT2D eigenvalue weighted by molar-refractivity contribution is -0.183. The number of ether oxygens (including phenoxy) is 2. The van der Waals surface area contributed by atoms with Gasteiger partial charge in [0.1, 0.15) is 17.7 Å².